The molecule has 0 bridgehead atoms. The van der Waals surface area contributed by atoms with Crippen LogP contribution in [0.4, 0.5) is 8.78 Å². The first-order valence-corrected chi connectivity index (χ1v) is 7.80. The number of aryl methyl sites for hydroxylation is 1. The summed E-state index contributed by atoms with van der Waals surface area (Å²) < 4.78 is 29.3. The number of rotatable bonds is 4. The number of thiophene rings is 1. The van der Waals surface area contributed by atoms with E-state index in [-0.39, 0.29) is 28.5 Å². The molecule has 2 heterocycles. The van der Waals surface area contributed by atoms with Gasteiger partial charge in [-0.1, -0.05) is 0 Å². The standard InChI is InChI=1S/C14H20F2N2O2S/c1-8-6-11(20-14(15)16)12(21-8)13(19)18-5-3-4-10(7-18)9(2)17/h6,9-10,14H,3-5,7,17H2,1-2H3. The van der Waals surface area contributed by atoms with Crippen LogP contribution < -0.4 is 10.5 Å². The third kappa shape index (κ3) is 3.91. The molecule has 1 fully saturated rings. The van der Waals surface area contributed by atoms with Gasteiger partial charge in [-0.15, -0.1) is 11.3 Å². The Kier molecular flexibility index (Phi) is 5.16. The van der Waals surface area contributed by atoms with Crippen molar-refractivity contribution in [2.75, 3.05) is 13.1 Å². The summed E-state index contributed by atoms with van der Waals surface area (Å²) in [6, 6.07) is 1.50. The van der Waals surface area contributed by atoms with Crippen molar-refractivity contribution in [1.82, 2.24) is 4.90 Å². The number of alkyl halides is 2. The highest BCUT2D eigenvalue weighted by atomic mass is 32.1. The second-order valence-electron chi connectivity index (χ2n) is 5.44. The SMILES string of the molecule is Cc1cc(OC(F)F)c(C(=O)N2CCCC(C(C)N)C2)s1. The van der Waals surface area contributed by atoms with Gasteiger partial charge in [0.2, 0.25) is 0 Å². The summed E-state index contributed by atoms with van der Waals surface area (Å²) in [6.45, 7) is 1.97. The van der Waals surface area contributed by atoms with Crippen molar-refractivity contribution in [3.05, 3.63) is 15.8 Å². The Balaban J connectivity index is 2.15. The van der Waals surface area contributed by atoms with E-state index < -0.39 is 6.61 Å². The summed E-state index contributed by atoms with van der Waals surface area (Å²) in [4.78, 5) is 15.3. The third-order valence-electron chi connectivity index (χ3n) is 3.72. The van der Waals surface area contributed by atoms with Crippen LogP contribution >= 0.6 is 11.3 Å². The smallest absolute Gasteiger partial charge is 0.387 e. The molecule has 1 saturated heterocycles. The maximum Gasteiger partial charge on any atom is 0.387 e. The highest BCUT2D eigenvalue weighted by molar-refractivity contribution is 7.14. The number of piperidine rings is 1. The van der Waals surface area contributed by atoms with E-state index in [0.29, 0.717) is 13.1 Å². The van der Waals surface area contributed by atoms with Crippen LogP contribution in [0.25, 0.3) is 0 Å². The van der Waals surface area contributed by atoms with E-state index in [2.05, 4.69) is 4.74 Å². The number of nitrogens with two attached hydrogens (primary N) is 1. The second-order valence-corrected chi connectivity index (χ2v) is 6.70. The van der Waals surface area contributed by atoms with Gasteiger partial charge in [-0.3, -0.25) is 4.79 Å². The van der Waals surface area contributed by atoms with Gasteiger partial charge < -0.3 is 15.4 Å². The van der Waals surface area contributed by atoms with E-state index in [0.717, 1.165) is 17.7 Å². The number of likely N-dealkylation sites (tertiary alicyclic amines) is 1. The molecule has 1 aliphatic heterocycles. The van der Waals surface area contributed by atoms with Gasteiger partial charge in [0.05, 0.1) is 0 Å². The molecule has 0 aliphatic carbocycles. The van der Waals surface area contributed by atoms with Gasteiger partial charge in [-0.2, -0.15) is 8.78 Å². The van der Waals surface area contributed by atoms with E-state index in [9.17, 15) is 13.6 Å². The number of nitrogens with zero attached hydrogens (tertiary/aromatic N) is 1. The average molecular weight is 318 g/mol. The molecule has 21 heavy (non-hydrogen) atoms. The van der Waals surface area contributed by atoms with Crippen LogP contribution in [-0.2, 0) is 0 Å². The minimum Gasteiger partial charge on any atom is -0.433 e. The van der Waals surface area contributed by atoms with Crippen LogP contribution in [-0.4, -0.2) is 36.5 Å². The number of carbonyl (C=O) groups excluding carboxylic acids is 1. The van der Waals surface area contributed by atoms with Gasteiger partial charge in [0.1, 0.15) is 10.6 Å². The highest BCUT2D eigenvalue weighted by Crippen LogP contribution is 2.32. The van der Waals surface area contributed by atoms with Crippen molar-refractivity contribution in [1.29, 1.82) is 0 Å². The fourth-order valence-electron chi connectivity index (χ4n) is 2.59. The minimum atomic E-state index is -2.93. The fraction of sp³-hybridized carbons (Fsp3) is 0.643. The lowest BCUT2D eigenvalue weighted by molar-refractivity contribution is -0.0499. The molecule has 1 aliphatic rings. The van der Waals surface area contributed by atoms with E-state index in [1.54, 1.807) is 11.8 Å². The molecule has 118 valence electrons. The summed E-state index contributed by atoms with van der Waals surface area (Å²) in [6.07, 6.45) is 1.87. The van der Waals surface area contributed by atoms with Gasteiger partial charge in [0.25, 0.3) is 5.91 Å². The molecule has 0 spiro atoms. The van der Waals surface area contributed by atoms with Crippen molar-refractivity contribution < 1.29 is 18.3 Å². The van der Waals surface area contributed by atoms with Gasteiger partial charge in [0.15, 0.2) is 0 Å². The van der Waals surface area contributed by atoms with Crippen LogP contribution in [0.5, 0.6) is 5.75 Å². The Morgan fingerprint density at radius 2 is 2.29 bits per heavy atom. The summed E-state index contributed by atoms with van der Waals surface area (Å²) in [5.41, 5.74) is 5.91. The number of carbonyl (C=O) groups is 1. The lowest BCUT2D eigenvalue weighted by Gasteiger charge is -2.34. The molecule has 7 heteroatoms. The minimum absolute atomic E-state index is 0.0162. The first kappa shape index (κ1) is 16.2. The predicted octanol–water partition coefficient (Wildman–Crippen LogP) is 2.86. The normalized spacial score (nSPS) is 20.7. The van der Waals surface area contributed by atoms with Crippen molar-refractivity contribution >= 4 is 17.2 Å². The number of hydrogen-bond acceptors (Lipinski definition) is 4. The van der Waals surface area contributed by atoms with E-state index in [1.165, 1.54) is 17.4 Å². The zero-order chi connectivity index (χ0) is 15.6. The van der Waals surface area contributed by atoms with Gasteiger partial charge in [-0.25, -0.2) is 0 Å². The van der Waals surface area contributed by atoms with Crippen LogP contribution in [0.2, 0.25) is 0 Å². The molecule has 2 atom stereocenters. The Bertz CT molecular complexity index is 505. The quantitative estimate of drug-likeness (QED) is 0.929. The maximum absolute atomic E-state index is 12.6. The molecule has 1 aromatic rings. The monoisotopic (exact) mass is 318 g/mol. The van der Waals surface area contributed by atoms with E-state index in [1.807, 2.05) is 6.92 Å². The summed E-state index contributed by atoms with van der Waals surface area (Å²) in [7, 11) is 0. The lowest BCUT2D eigenvalue weighted by Crippen LogP contribution is -2.44. The second kappa shape index (κ2) is 6.70. The molecular formula is C14H20F2N2O2S. The first-order valence-electron chi connectivity index (χ1n) is 6.98. The van der Waals surface area contributed by atoms with Crippen molar-refractivity contribution in [2.45, 2.75) is 39.3 Å². The van der Waals surface area contributed by atoms with Gasteiger partial charge in [-0.05, 0) is 38.7 Å². The zero-order valence-electron chi connectivity index (χ0n) is 12.1. The molecule has 2 rings (SSSR count). The molecule has 1 aromatic heterocycles. The van der Waals surface area contributed by atoms with Crippen LogP contribution in [0, 0.1) is 12.8 Å². The lowest BCUT2D eigenvalue weighted by atomic mass is 9.92. The Labute approximate surface area is 126 Å². The number of halogens is 2. The Hall–Kier alpha value is -1.21. The largest absolute Gasteiger partial charge is 0.433 e. The molecule has 1 amide bonds. The molecule has 0 radical (unpaired) electrons. The van der Waals surface area contributed by atoms with Gasteiger partial charge >= 0.3 is 6.61 Å². The summed E-state index contributed by atoms with van der Waals surface area (Å²) >= 11 is 1.19. The summed E-state index contributed by atoms with van der Waals surface area (Å²) in [5, 5.41) is 0. The molecule has 4 nitrogen and oxygen atoms in total. The van der Waals surface area contributed by atoms with Crippen molar-refractivity contribution in [3.63, 3.8) is 0 Å². The zero-order valence-corrected chi connectivity index (χ0v) is 13.0. The molecule has 0 saturated carbocycles. The molecular weight excluding hydrogens is 298 g/mol. The molecule has 0 aromatic carbocycles. The van der Waals surface area contributed by atoms with Crippen molar-refractivity contribution in [3.8, 4) is 5.75 Å². The Morgan fingerprint density at radius 1 is 1.57 bits per heavy atom. The number of ether oxygens (including phenoxy) is 1. The number of hydrogen-bond donors (Lipinski definition) is 1. The molecule has 2 N–H and O–H groups in total. The topological polar surface area (TPSA) is 55.6 Å². The summed E-state index contributed by atoms with van der Waals surface area (Å²) in [5.74, 6) is -0.0160. The number of amides is 1. The van der Waals surface area contributed by atoms with Crippen molar-refractivity contribution in [2.24, 2.45) is 11.7 Å². The van der Waals surface area contributed by atoms with Crippen LogP contribution in [0.3, 0.4) is 0 Å². The first-order chi connectivity index (χ1) is 9.88. The average Bonchev–Trinajstić information content (AvgIpc) is 2.78. The van der Waals surface area contributed by atoms with E-state index in [4.69, 9.17) is 5.73 Å². The van der Waals surface area contributed by atoms with Crippen LogP contribution in [0.15, 0.2) is 6.07 Å². The van der Waals surface area contributed by atoms with Gasteiger partial charge in [0, 0.05) is 24.0 Å². The van der Waals surface area contributed by atoms with E-state index >= 15 is 0 Å². The Morgan fingerprint density at radius 3 is 2.90 bits per heavy atom. The highest BCUT2D eigenvalue weighted by Gasteiger charge is 2.29. The predicted molar refractivity (Wildman–Crippen MR) is 78.0 cm³/mol. The fourth-order valence-corrected chi connectivity index (χ4v) is 3.50. The van der Waals surface area contributed by atoms with Crippen LogP contribution in [0.1, 0.15) is 34.3 Å². The maximum atomic E-state index is 12.6. The third-order valence-corrected chi connectivity index (χ3v) is 4.74. The molecule has 2 unspecified atom stereocenters.